The quantitative estimate of drug-likeness (QED) is 0.802. The van der Waals surface area contributed by atoms with E-state index in [0.29, 0.717) is 24.4 Å². The number of nitrogens with one attached hydrogen (secondary N) is 1. The smallest absolute Gasteiger partial charge is 0.335 e. The highest BCUT2D eigenvalue weighted by molar-refractivity contribution is 5.91. The maximum atomic E-state index is 11.7. The largest absolute Gasteiger partial charge is 0.478 e. The van der Waals surface area contributed by atoms with Gasteiger partial charge in [-0.25, -0.2) is 4.79 Å². The molecule has 0 saturated carbocycles. The predicted octanol–water partition coefficient (Wildman–Crippen LogP) is 0.669. The summed E-state index contributed by atoms with van der Waals surface area (Å²) in [6.45, 7) is 0.357. The van der Waals surface area contributed by atoms with E-state index in [4.69, 9.17) is 9.63 Å². The third-order valence-electron chi connectivity index (χ3n) is 2.67. The molecule has 2 aromatic rings. The highest BCUT2D eigenvalue weighted by Crippen LogP contribution is 2.09. The first kappa shape index (κ1) is 13.7. The van der Waals surface area contributed by atoms with Crippen LogP contribution in [0.2, 0.25) is 0 Å². The molecule has 0 atom stereocenters. The Balaban J connectivity index is 1.87. The van der Waals surface area contributed by atoms with Gasteiger partial charge in [-0.1, -0.05) is 23.4 Å². The van der Waals surface area contributed by atoms with Crippen LogP contribution in [-0.4, -0.2) is 33.7 Å². The first-order valence-electron chi connectivity index (χ1n) is 6.00. The van der Waals surface area contributed by atoms with Crippen LogP contribution >= 0.6 is 0 Å². The Morgan fingerprint density at radius 3 is 2.80 bits per heavy atom. The highest BCUT2D eigenvalue weighted by Gasteiger charge is 2.12. The predicted molar refractivity (Wildman–Crippen MR) is 68.1 cm³/mol. The molecule has 1 aromatic carbocycles. The molecular formula is C13H13N3O4. The molecule has 0 aliphatic heterocycles. The first-order valence-corrected chi connectivity index (χ1v) is 6.00. The van der Waals surface area contributed by atoms with E-state index < -0.39 is 5.97 Å². The number of aromatic nitrogens is 2. The van der Waals surface area contributed by atoms with Gasteiger partial charge in [-0.15, -0.1) is 0 Å². The number of benzene rings is 1. The van der Waals surface area contributed by atoms with Gasteiger partial charge >= 0.3 is 5.97 Å². The Morgan fingerprint density at radius 1 is 1.30 bits per heavy atom. The van der Waals surface area contributed by atoms with E-state index in [0.717, 1.165) is 0 Å². The minimum Gasteiger partial charge on any atom is -0.478 e. The summed E-state index contributed by atoms with van der Waals surface area (Å²) in [5, 5.41) is 15.2. The van der Waals surface area contributed by atoms with Gasteiger partial charge in [0.2, 0.25) is 11.8 Å². The van der Waals surface area contributed by atoms with Gasteiger partial charge in [0, 0.05) is 13.0 Å². The van der Waals surface area contributed by atoms with Crippen LogP contribution in [0.4, 0.5) is 0 Å². The minimum atomic E-state index is -1.04. The molecule has 1 amide bonds. The van der Waals surface area contributed by atoms with E-state index in [9.17, 15) is 9.59 Å². The summed E-state index contributed by atoms with van der Waals surface area (Å²) < 4.78 is 4.79. The van der Waals surface area contributed by atoms with Crippen molar-refractivity contribution in [2.75, 3.05) is 6.54 Å². The van der Waals surface area contributed by atoms with Gasteiger partial charge in [-0.2, -0.15) is 4.98 Å². The van der Waals surface area contributed by atoms with E-state index in [1.807, 2.05) is 0 Å². The zero-order valence-corrected chi connectivity index (χ0v) is 10.6. The summed E-state index contributed by atoms with van der Waals surface area (Å²) in [4.78, 5) is 26.6. The Labute approximate surface area is 114 Å². The van der Waals surface area contributed by atoms with Gasteiger partial charge < -0.3 is 14.9 Å². The fourth-order valence-corrected chi connectivity index (χ4v) is 1.73. The molecule has 7 heteroatoms. The summed E-state index contributed by atoms with van der Waals surface area (Å²) in [5.41, 5.74) is 0.620. The van der Waals surface area contributed by atoms with Crippen LogP contribution in [0.5, 0.6) is 0 Å². The molecule has 7 nitrogen and oxygen atoms in total. The van der Waals surface area contributed by atoms with Crippen molar-refractivity contribution >= 4 is 11.9 Å². The standard InChI is InChI=1S/C13H13N3O4/c17-11(14-6-5-12-15-8-16-20-12)7-9-3-1-2-4-10(9)13(18)19/h1-4,8H,5-7H2,(H,14,17)(H,18,19). The van der Waals surface area contributed by atoms with Gasteiger partial charge in [0.1, 0.15) is 0 Å². The molecule has 0 aliphatic rings. The van der Waals surface area contributed by atoms with E-state index in [-0.39, 0.29) is 17.9 Å². The lowest BCUT2D eigenvalue weighted by Gasteiger charge is -2.06. The van der Waals surface area contributed by atoms with E-state index in [1.54, 1.807) is 18.2 Å². The van der Waals surface area contributed by atoms with Gasteiger partial charge in [0.15, 0.2) is 6.33 Å². The number of hydrogen-bond donors (Lipinski definition) is 2. The molecule has 0 saturated heterocycles. The Bertz CT molecular complexity index is 595. The van der Waals surface area contributed by atoms with E-state index in [2.05, 4.69) is 15.5 Å². The van der Waals surface area contributed by atoms with Crippen molar-refractivity contribution in [3.63, 3.8) is 0 Å². The number of nitrogens with zero attached hydrogens (tertiary/aromatic N) is 2. The Morgan fingerprint density at radius 2 is 2.10 bits per heavy atom. The average Bonchev–Trinajstić information content (AvgIpc) is 2.92. The molecule has 0 aliphatic carbocycles. The monoisotopic (exact) mass is 275 g/mol. The lowest BCUT2D eigenvalue weighted by molar-refractivity contribution is -0.120. The number of hydrogen-bond acceptors (Lipinski definition) is 5. The number of carbonyl (C=O) groups excluding carboxylic acids is 1. The second kappa shape index (κ2) is 6.46. The number of carboxylic acids is 1. The molecule has 1 aromatic heterocycles. The molecule has 2 N–H and O–H groups in total. The van der Waals surface area contributed by atoms with Gasteiger partial charge in [0.25, 0.3) is 0 Å². The zero-order valence-electron chi connectivity index (χ0n) is 10.6. The maximum absolute atomic E-state index is 11.7. The molecule has 0 spiro atoms. The summed E-state index contributed by atoms with van der Waals surface area (Å²) in [6.07, 6.45) is 1.75. The van der Waals surface area contributed by atoms with Crippen molar-refractivity contribution in [3.05, 3.63) is 47.6 Å². The summed E-state index contributed by atoms with van der Waals surface area (Å²) in [7, 11) is 0. The third kappa shape index (κ3) is 3.64. The molecule has 2 rings (SSSR count). The lowest BCUT2D eigenvalue weighted by Crippen LogP contribution is -2.27. The van der Waals surface area contributed by atoms with Gasteiger partial charge in [-0.05, 0) is 11.6 Å². The Kier molecular flexibility index (Phi) is 4.43. The van der Waals surface area contributed by atoms with Crippen molar-refractivity contribution < 1.29 is 19.2 Å². The van der Waals surface area contributed by atoms with Crippen LogP contribution in [0.3, 0.4) is 0 Å². The maximum Gasteiger partial charge on any atom is 0.335 e. The van der Waals surface area contributed by atoms with Crippen molar-refractivity contribution in [1.82, 2.24) is 15.5 Å². The van der Waals surface area contributed by atoms with Crippen LogP contribution in [0.25, 0.3) is 0 Å². The molecule has 104 valence electrons. The van der Waals surface area contributed by atoms with Gasteiger partial charge in [-0.3, -0.25) is 4.79 Å². The van der Waals surface area contributed by atoms with Crippen LogP contribution in [0.1, 0.15) is 21.8 Å². The van der Waals surface area contributed by atoms with Crippen molar-refractivity contribution in [1.29, 1.82) is 0 Å². The molecule has 0 unspecified atom stereocenters. The molecular weight excluding hydrogens is 262 g/mol. The number of amides is 1. The fraction of sp³-hybridized carbons (Fsp3) is 0.231. The van der Waals surface area contributed by atoms with E-state index in [1.165, 1.54) is 12.4 Å². The van der Waals surface area contributed by atoms with Crippen LogP contribution in [0.15, 0.2) is 35.1 Å². The minimum absolute atomic E-state index is 0.0201. The summed E-state index contributed by atoms with van der Waals surface area (Å²) in [6, 6.07) is 6.43. The van der Waals surface area contributed by atoms with Crippen LogP contribution in [-0.2, 0) is 17.6 Å². The topological polar surface area (TPSA) is 105 Å². The number of aromatic carboxylic acids is 1. The molecule has 20 heavy (non-hydrogen) atoms. The van der Waals surface area contributed by atoms with Crippen molar-refractivity contribution in [2.24, 2.45) is 0 Å². The molecule has 0 radical (unpaired) electrons. The molecule has 1 heterocycles. The molecule has 0 fully saturated rings. The normalized spacial score (nSPS) is 10.2. The Hall–Kier alpha value is -2.70. The second-order valence-electron chi connectivity index (χ2n) is 4.07. The van der Waals surface area contributed by atoms with Gasteiger partial charge in [0.05, 0.1) is 12.0 Å². The van der Waals surface area contributed by atoms with Crippen LogP contribution < -0.4 is 5.32 Å². The average molecular weight is 275 g/mol. The first-order chi connectivity index (χ1) is 9.66. The summed E-state index contributed by atoms with van der Waals surface area (Å²) >= 11 is 0. The lowest BCUT2D eigenvalue weighted by atomic mass is 10.0. The van der Waals surface area contributed by atoms with E-state index >= 15 is 0 Å². The van der Waals surface area contributed by atoms with Crippen molar-refractivity contribution in [3.8, 4) is 0 Å². The zero-order chi connectivity index (χ0) is 14.4. The number of carbonyl (C=O) groups is 2. The third-order valence-corrected chi connectivity index (χ3v) is 2.67. The molecule has 0 bridgehead atoms. The summed E-state index contributed by atoms with van der Waals surface area (Å²) in [5.74, 6) is -0.853. The number of rotatable bonds is 6. The van der Waals surface area contributed by atoms with Crippen LogP contribution in [0, 0.1) is 0 Å². The SMILES string of the molecule is O=C(Cc1ccccc1C(=O)O)NCCc1ncno1. The van der Waals surface area contributed by atoms with Crippen molar-refractivity contribution in [2.45, 2.75) is 12.8 Å². The highest BCUT2D eigenvalue weighted by atomic mass is 16.5. The fourth-order valence-electron chi connectivity index (χ4n) is 1.73. The number of carboxylic acid groups (broad SMARTS) is 1. The second-order valence-corrected chi connectivity index (χ2v) is 4.07.